The Morgan fingerprint density at radius 1 is 0.973 bits per heavy atom. The van der Waals surface area contributed by atoms with E-state index < -0.39 is 0 Å². The number of thioether (sulfide) groups is 2. The molecule has 2 aromatic carbocycles. The van der Waals surface area contributed by atoms with Crippen LogP contribution in [0.5, 0.6) is 0 Å². The van der Waals surface area contributed by atoms with Gasteiger partial charge in [-0.3, -0.25) is 24.2 Å². The van der Waals surface area contributed by atoms with Crippen molar-refractivity contribution in [2.75, 3.05) is 42.8 Å². The second kappa shape index (κ2) is 10.2. The Bertz CT molecular complexity index is 1340. The van der Waals surface area contributed by atoms with Crippen molar-refractivity contribution in [1.29, 1.82) is 0 Å². The normalized spacial score (nSPS) is 20.6. The maximum Gasteiger partial charge on any atom is 0.274 e. The molecule has 0 saturated carbocycles. The maximum atomic E-state index is 14.0. The second-order valence-electron chi connectivity index (χ2n) is 10.0. The molecule has 3 aliphatic heterocycles. The van der Waals surface area contributed by atoms with Crippen LogP contribution in [-0.2, 0) is 5.75 Å². The fraction of sp³-hybridized carbons (Fsp3) is 0.379. The molecule has 0 aliphatic carbocycles. The molecule has 0 bridgehead atoms. The monoisotopic (exact) mass is 532 g/mol. The first-order chi connectivity index (χ1) is 18.0. The van der Waals surface area contributed by atoms with Crippen molar-refractivity contribution in [1.82, 2.24) is 14.5 Å². The van der Waals surface area contributed by atoms with E-state index in [1.54, 1.807) is 19.2 Å². The van der Waals surface area contributed by atoms with Gasteiger partial charge in [0, 0.05) is 65.7 Å². The zero-order chi connectivity index (χ0) is 25.5. The molecule has 0 N–H and O–H groups in total. The van der Waals surface area contributed by atoms with Gasteiger partial charge in [0.15, 0.2) is 5.43 Å². The zero-order valence-corrected chi connectivity index (χ0v) is 22.9. The average molecular weight is 533 g/mol. The summed E-state index contributed by atoms with van der Waals surface area (Å²) in [6.45, 7) is 7.33. The molecule has 2 atom stereocenters. The van der Waals surface area contributed by atoms with Crippen LogP contribution in [0.1, 0.15) is 45.7 Å². The van der Waals surface area contributed by atoms with Crippen LogP contribution in [-0.4, -0.2) is 64.2 Å². The smallest absolute Gasteiger partial charge is 0.274 e. The molecule has 4 heterocycles. The van der Waals surface area contributed by atoms with Gasteiger partial charge in [0.05, 0.1) is 6.04 Å². The number of fused-ring (bicyclic) bond motifs is 3. The largest absolute Gasteiger partial charge is 0.314 e. The van der Waals surface area contributed by atoms with Gasteiger partial charge in [-0.15, -0.1) is 11.8 Å². The molecule has 1 fully saturated rings. The van der Waals surface area contributed by atoms with E-state index in [-0.39, 0.29) is 23.4 Å². The minimum atomic E-state index is -0.0978. The number of aromatic nitrogens is 1. The highest BCUT2D eigenvalue weighted by Gasteiger charge is 2.39. The van der Waals surface area contributed by atoms with E-state index in [9.17, 15) is 9.59 Å². The summed E-state index contributed by atoms with van der Waals surface area (Å²) in [7, 11) is 0. The van der Waals surface area contributed by atoms with Gasteiger partial charge in [-0.05, 0) is 36.6 Å². The minimum Gasteiger partial charge on any atom is -0.314 e. The summed E-state index contributed by atoms with van der Waals surface area (Å²) in [4.78, 5) is 32.4. The molecule has 1 saturated heterocycles. The quantitative estimate of drug-likeness (QED) is 0.498. The zero-order valence-electron chi connectivity index (χ0n) is 21.3. The first kappa shape index (κ1) is 24.6. The number of carbonyl (C=O) groups is 1. The second-order valence-corrected chi connectivity index (χ2v) is 12.3. The Kier molecular flexibility index (Phi) is 6.82. The van der Waals surface area contributed by atoms with Crippen LogP contribution >= 0.6 is 23.5 Å². The van der Waals surface area contributed by atoms with Crippen LogP contribution in [0.15, 0.2) is 70.5 Å². The van der Waals surface area contributed by atoms with Crippen LogP contribution < -0.4 is 10.4 Å². The predicted octanol–water partition coefficient (Wildman–Crippen LogP) is 4.34. The summed E-state index contributed by atoms with van der Waals surface area (Å²) in [6.07, 6.45) is 1.79. The van der Waals surface area contributed by atoms with Crippen molar-refractivity contribution in [2.45, 2.75) is 36.6 Å². The Morgan fingerprint density at radius 3 is 2.51 bits per heavy atom. The lowest BCUT2D eigenvalue weighted by molar-refractivity contribution is 0.0564. The third-order valence-corrected chi connectivity index (χ3v) is 9.84. The Hall–Kier alpha value is -2.68. The first-order valence-electron chi connectivity index (χ1n) is 12.9. The van der Waals surface area contributed by atoms with Crippen LogP contribution in [0, 0.1) is 6.92 Å². The molecule has 8 heteroatoms. The molecule has 6 nitrogen and oxygen atoms in total. The van der Waals surface area contributed by atoms with E-state index in [1.807, 2.05) is 33.1 Å². The van der Waals surface area contributed by atoms with E-state index in [0.29, 0.717) is 17.9 Å². The molecule has 1 amide bonds. The average Bonchev–Trinajstić information content (AvgIpc) is 3.08. The van der Waals surface area contributed by atoms with Crippen molar-refractivity contribution in [2.24, 2.45) is 0 Å². The molecule has 6 rings (SSSR count). The number of carbonyl (C=O) groups excluding carboxylic acids is 1. The molecule has 192 valence electrons. The fourth-order valence-corrected chi connectivity index (χ4v) is 7.81. The standard InChI is InChI=1S/C29H32N4O2S2/c1-20(17-30-13-15-36-16-14-30)31-19-33(32-12-11-25(34)21(2)27(32)29(31)35)28-23-8-4-3-7-22(23)18-37-26-10-6-5-9-24(26)28/h3-12,20,28H,13-19H2,1-2H3. The Labute approximate surface area is 226 Å². The Morgan fingerprint density at radius 2 is 1.70 bits per heavy atom. The van der Waals surface area contributed by atoms with Crippen LogP contribution in [0.2, 0.25) is 0 Å². The van der Waals surface area contributed by atoms with Crippen molar-refractivity contribution in [3.8, 4) is 0 Å². The van der Waals surface area contributed by atoms with Crippen molar-refractivity contribution in [3.63, 3.8) is 0 Å². The van der Waals surface area contributed by atoms with Gasteiger partial charge in [-0.2, -0.15) is 11.8 Å². The highest BCUT2D eigenvalue weighted by Crippen LogP contribution is 2.42. The number of hydrogen-bond acceptors (Lipinski definition) is 6. The molecular weight excluding hydrogens is 500 g/mol. The summed E-state index contributed by atoms with van der Waals surface area (Å²) in [5.41, 5.74) is 4.67. The minimum absolute atomic E-state index is 0.0206. The number of nitrogens with zero attached hydrogens (tertiary/aromatic N) is 4. The molecule has 3 aliphatic rings. The van der Waals surface area contributed by atoms with Gasteiger partial charge in [0.25, 0.3) is 5.91 Å². The summed E-state index contributed by atoms with van der Waals surface area (Å²) in [5.74, 6) is 3.11. The van der Waals surface area contributed by atoms with Crippen molar-refractivity contribution >= 4 is 29.4 Å². The highest BCUT2D eigenvalue weighted by atomic mass is 32.2. The Balaban J connectivity index is 1.48. The maximum absolute atomic E-state index is 14.0. The van der Waals surface area contributed by atoms with Gasteiger partial charge in [-0.1, -0.05) is 42.5 Å². The van der Waals surface area contributed by atoms with E-state index >= 15 is 0 Å². The fourth-order valence-electron chi connectivity index (χ4n) is 5.74. The predicted molar refractivity (Wildman–Crippen MR) is 152 cm³/mol. The lowest BCUT2D eigenvalue weighted by Gasteiger charge is -2.47. The molecular formula is C29H32N4O2S2. The molecule has 1 aromatic heterocycles. The lowest BCUT2D eigenvalue weighted by atomic mass is 9.94. The summed E-state index contributed by atoms with van der Waals surface area (Å²) in [5, 5.41) is 2.29. The molecule has 3 aromatic rings. The summed E-state index contributed by atoms with van der Waals surface area (Å²) in [6, 6.07) is 18.8. The third-order valence-electron chi connectivity index (χ3n) is 7.76. The summed E-state index contributed by atoms with van der Waals surface area (Å²) < 4.78 is 1.95. The van der Waals surface area contributed by atoms with Crippen molar-refractivity contribution in [3.05, 3.63) is 99.0 Å². The lowest BCUT2D eigenvalue weighted by Crippen LogP contribution is -2.60. The van der Waals surface area contributed by atoms with Crippen LogP contribution in [0.25, 0.3) is 0 Å². The molecule has 37 heavy (non-hydrogen) atoms. The summed E-state index contributed by atoms with van der Waals surface area (Å²) >= 11 is 3.86. The van der Waals surface area contributed by atoms with Crippen molar-refractivity contribution < 1.29 is 4.79 Å². The number of rotatable bonds is 4. The highest BCUT2D eigenvalue weighted by molar-refractivity contribution is 7.99. The van der Waals surface area contributed by atoms with Crippen LogP contribution in [0.4, 0.5) is 0 Å². The SMILES string of the molecule is Cc1c2n(ccc1=O)N(C1c3ccccc3CSc3ccccc31)CN(C(C)CN1CCSCC1)C2=O. The van der Waals surface area contributed by atoms with Gasteiger partial charge in [0.1, 0.15) is 12.4 Å². The van der Waals surface area contributed by atoms with E-state index in [1.165, 1.54) is 21.6 Å². The first-order valence-corrected chi connectivity index (χ1v) is 15.1. The van der Waals surface area contributed by atoms with Crippen LogP contribution in [0.3, 0.4) is 0 Å². The van der Waals surface area contributed by atoms with Gasteiger partial charge in [0.2, 0.25) is 0 Å². The van der Waals surface area contributed by atoms with Gasteiger partial charge >= 0.3 is 0 Å². The number of benzene rings is 2. The molecule has 2 unspecified atom stereocenters. The third kappa shape index (κ3) is 4.49. The number of amides is 1. The van der Waals surface area contributed by atoms with Gasteiger partial charge in [-0.25, -0.2) is 0 Å². The molecule has 0 spiro atoms. The number of pyridine rings is 1. The topological polar surface area (TPSA) is 48.8 Å². The van der Waals surface area contributed by atoms with E-state index in [0.717, 1.165) is 36.9 Å². The van der Waals surface area contributed by atoms with E-state index in [4.69, 9.17) is 0 Å². The van der Waals surface area contributed by atoms with Gasteiger partial charge < -0.3 is 4.90 Å². The molecule has 0 radical (unpaired) electrons. The van der Waals surface area contributed by atoms with E-state index in [2.05, 4.69) is 65.4 Å². The number of hydrogen-bond donors (Lipinski definition) is 0.